The van der Waals surface area contributed by atoms with Gasteiger partial charge in [0.2, 0.25) is 17.7 Å². The molecule has 122 valence electrons. The summed E-state index contributed by atoms with van der Waals surface area (Å²) in [5.74, 6) is 0.885. The minimum absolute atomic E-state index is 0.0695. The fourth-order valence-corrected chi connectivity index (χ4v) is 2.42. The van der Waals surface area contributed by atoms with Crippen LogP contribution in [0.15, 0.2) is 52.9 Å². The largest absolute Gasteiger partial charge is 0.421 e. The lowest BCUT2D eigenvalue weighted by Gasteiger charge is -2.06. The third-order valence-corrected chi connectivity index (χ3v) is 3.83. The van der Waals surface area contributed by atoms with Gasteiger partial charge in [-0.3, -0.25) is 4.79 Å². The van der Waals surface area contributed by atoms with Crippen LogP contribution in [-0.2, 0) is 11.2 Å². The number of anilines is 1. The molecule has 2 aromatic carbocycles. The highest BCUT2D eigenvalue weighted by Gasteiger charge is 2.12. The second kappa shape index (κ2) is 7.08. The Labute approximate surface area is 140 Å². The lowest BCUT2D eigenvalue weighted by Crippen LogP contribution is -2.13. The smallest absolute Gasteiger partial charge is 0.247 e. The van der Waals surface area contributed by atoms with E-state index in [9.17, 15) is 4.79 Å². The molecule has 1 N–H and O–H groups in total. The molecule has 3 aromatic rings. The maximum atomic E-state index is 12.1. The topological polar surface area (TPSA) is 68.0 Å². The van der Waals surface area contributed by atoms with Gasteiger partial charge in [-0.25, -0.2) is 0 Å². The van der Waals surface area contributed by atoms with E-state index in [1.165, 1.54) is 0 Å². The Balaban J connectivity index is 1.61. The number of nitrogens with zero attached hydrogens (tertiary/aromatic N) is 2. The van der Waals surface area contributed by atoms with Crippen LogP contribution in [0.1, 0.15) is 23.4 Å². The minimum atomic E-state index is -0.0695. The molecule has 1 heterocycles. The number of aromatic nitrogens is 2. The van der Waals surface area contributed by atoms with Gasteiger partial charge in [0, 0.05) is 24.1 Å². The molecule has 0 bridgehead atoms. The van der Waals surface area contributed by atoms with Gasteiger partial charge in [-0.1, -0.05) is 36.4 Å². The molecule has 0 radical (unpaired) electrons. The average Bonchev–Trinajstić information content (AvgIpc) is 3.04. The molecule has 5 heteroatoms. The maximum absolute atomic E-state index is 12.1. The van der Waals surface area contributed by atoms with Crippen molar-refractivity contribution < 1.29 is 9.21 Å². The molecule has 24 heavy (non-hydrogen) atoms. The van der Waals surface area contributed by atoms with Crippen molar-refractivity contribution in [2.24, 2.45) is 0 Å². The summed E-state index contributed by atoms with van der Waals surface area (Å²) >= 11 is 0. The molecule has 0 saturated carbocycles. The molecule has 0 aliphatic heterocycles. The molecule has 1 aromatic heterocycles. The second-order valence-corrected chi connectivity index (χ2v) is 5.68. The zero-order valence-corrected chi connectivity index (χ0v) is 13.7. The molecule has 0 aliphatic carbocycles. The number of hydrogen-bond donors (Lipinski definition) is 1. The Morgan fingerprint density at radius 2 is 1.71 bits per heavy atom. The molecular weight excluding hydrogens is 302 g/mol. The summed E-state index contributed by atoms with van der Waals surface area (Å²) in [5.41, 5.74) is 3.85. The standard InChI is InChI=1S/C19H19N3O2/c1-13-7-3-5-9-15(13)19-22-21-18(24-19)12-11-17(23)20-16-10-6-4-8-14(16)2/h3-10H,11-12H2,1-2H3,(H,20,23). The SMILES string of the molecule is Cc1ccccc1NC(=O)CCc1nnc(-c2ccccc2C)o1. The van der Waals surface area contributed by atoms with Crippen molar-refractivity contribution in [1.82, 2.24) is 10.2 Å². The first-order valence-electron chi connectivity index (χ1n) is 7.87. The molecular formula is C19H19N3O2. The van der Waals surface area contributed by atoms with Gasteiger partial charge in [-0.2, -0.15) is 0 Å². The van der Waals surface area contributed by atoms with Crippen LogP contribution in [-0.4, -0.2) is 16.1 Å². The Hall–Kier alpha value is -2.95. The number of carbonyl (C=O) groups is 1. The summed E-state index contributed by atoms with van der Waals surface area (Å²) in [6.07, 6.45) is 0.709. The first-order chi connectivity index (χ1) is 11.6. The quantitative estimate of drug-likeness (QED) is 0.773. The number of carbonyl (C=O) groups excluding carboxylic acids is 1. The van der Waals surface area contributed by atoms with Gasteiger partial charge in [-0.05, 0) is 37.1 Å². The van der Waals surface area contributed by atoms with Crippen molar-refractivity contribution in [3.63, 3.8) is 0 Å². The third-order valence-electron chi connectivity index (χ3n) is 3.83. The average molecular weight is 321 g/mol. The molecule has 0 aliphatic rings. The fraction of sp³-hybridized carbons (Fsp3) is 0.211. The van der Waals surface area contributed by atoms with Crippen molar-refractivity contribution >= 4 is 11.6 Å². The van der Waals surface area contributed by atoms with Crippen molar-refractivity contribution in [2.75, 3.05) is 5.32 Å². The van der Waals surface area contributed by atoms with E-state index in [4.69, 9.17) is 4.42 Å². The van der Waals surface area contributed by atoms with Crippen LogP contribution in [0.3, 0.4) is 0 Å². The van der Waals surface area contributed by atoms with Gasteiger partial charge >= 0.3 is 0 Å². The molecule has 0 spiro atoms. The molecule has 0 fully saturated rings. The number of benzene rings is 2. The Bertz CT molecular complexity index is 855. The highest BCUT2D eigenvalue weighted by molar-refractivity contribution is 5.91. The summed E-state index contributed by atoms with van der Waals surface area (Å²) in [6, 6.07) is 15.5. The Morgan fingerprint density at radius 1 is 1.00 bits per heavy atom. The number of rotatable bonds is 5. The van der Waals surface area contributed by atoms with Crippen molar-refractivity contribution in [3.05, 3.63) is 65.5 Å². The van der Waals surface area contributed by atoms with Gasteiger partial charge < -0.3 is 9.73 Å². The monoisotopic (exact) mass is 321 g/mol. The zero-order chi connectivity index (χ0) is 16.9. The predicted molar refractivity (Wildman–Crippen MR) is 92.6 cm³/mol. The van der Waals surface area contributed by atoms with Crippen molar-refractivity contribution in [2.45, 2.75) is 26.7 Å². The predicted octanol–water partition coefficient (Wildman–Crippen LogP) is 3.92. The molecule has 3 rings (SSSR count). The van der Waals surface area contributed by atoms with E-state index in [0.717, 1.165) is 22.4 Å². The summed E-state index contributed by atoms with van der Waals surface area (Å²) in [6.45, 7) is 3.96. The number of amides is 1. The van der Waals surface area contributed by atoms with Gasteiger partial charge in [0.1, 0.15) is 0 Å². The summed E-state index contributed by atoms with van der Waals surface area (Å²) in [5, 5.41) is 11.0. The van der Waals surface area contributed by atoms with Crippen LogP contribution in [0.5, 0.6) is 0 Å². The lowest BCUT2D eigenvalue weighted by atomic mass is 10.1. The van der Waals surface area contributed by atoms with E-state index in [0.29, 0.717) is 24.6 Å². The molecule has 0 saturated heterocycles. The van der Waals surface area contributed by atoms with Crippen LogP contribution in [0, 0.1) is 13.8 Å². The van der Waals surface area contributed by atoms with Crippen molar-refractivity contribution in [3.8, 4) is 11.5 Å². The van der Waals surface area contributed by atoms with E-state index in [1.54, 1.807) is 0 Å². The van der Waals surface area contributed by atoms with Gasteiger partial charge in [0.25, 0.3) is 0 Å². The molecule has 0 atom stereocenters. The van der Waals surface area contributed by atoms with E-state index in [-0.39, 0.29) is 5.91 Å². The van der Waals surface area contributed by atoms with Gasteiger partial charge in [0.15, 0.2) is 0 Å². The van der Waals surface area contributed by atoms with Crippen LogP contribution >= 0.6 is 0 Å². The lowest BCUT2D eigenvalue weighted by molar-refractivity contribution is -0.116. The Kier molecular flexibility index (Phi) is 4.70. The Morgan fingerprint density at radius 3 is 2.46 bits per heavy atom. The van der Waals surface area contributed by atoms with Crippen LogP contribution in [0.2, 0.25) is 0 Å². The van der Waals surface area contributed by atoms with Gasteiger partial charge in [0.05, 0.1) is 0 Å². The molecule has 0 unspecified atom stereocenters. The van der Waals surface area contributed by atoms with E-state index < -0.39 is 0 Å². The molecule has 5 nitrogen and oxygen atoms in total. The van der Waals surface area contributed by atoms with Crippen LogP contribution in [0.4, 0.5) is 5.69 Å². The summed E-state index contributed by atoms with van der Waals surface area (Å²) in [7, 11) is 0. The van der Waals surface area contributed by atoms with Gasteiger partial charge in [-0.15, -0.1) is 10.2 Å². The van der Waals surface area contributed by atoms with E-state index >= 15 is 0 Å². The summed E-state index contributed by atoms with van der Waals surface area (Å²) < 4.78 is 5.67. The first-order valence-corrected chi connectivity index (χ1v) is 7.87. The summed E-state index contributed by atoms with van der Waals surface area (Å²) in [4.78, 5) is 12.1. The van der Waals surface area contributed by atoms with E-state index in [1.807, 2.05) is 62.4 Å². The number of hydrogen-bond acceptors (Lipinski definition) is 4. The number of nitrogens with one attached hydrogen (secondary N) is 1. The highest BCUT2D eigenvalue weighted by Crippen LogP contribution is 2.22. The highest BCUT2D eigenvalue weighted by atomic mass is 16.4. The molecule has 1 amide bonds. The second-order valence-electron chi connectivity index (χ2n) is 5.68. The zero-order valence-electron chi connectivity index (χ0n) is 13.7. The minimum Gasteiger partial charge on any atom is -0.421 e. The maximum Gasteiger partial charge on any atom is 0.247 e. The third kappa shape index (κ3) is 3.68. The number of aryl methyl sites for hydroxylation is 3. The number of para-hydroxylation sites is 1. The van der Waals surface area contributed by atoms with E-state index in [2.05, 4.69) is 15.5 Å². The first kappa shape index (κ1) is 15.9. The normalized spacial score (nSPS) is 10.6. The van der Waals surface area contributed by atoms with Crippen LogP contribution in [0.25, 0.3) is 11.5 Å². The fourth-order valence-electron chi connectivity index (χ4n) is 2.42. The van der Waals surface area contributed by atoms with Crippen LogP contribution < -0.4 is 5.32 Å². The van der Waals surface area contributed by atoms with Crippen molar-refractivity contribution in [1.29, 1.82) is 0 Å².